The van der Waals surface area contributed by atoms with Crippen molar-refractivity contribution in [3.05, 3.63) is 52.1 Å². The summed E-state index contributed by atoms with van der Waals surface area (Å²) in [5.74, 6) is -3.55. The maximum Gasteiger partial charge on any atom is 0.432 e. The SMILES string of the molecule is O=C(CN1C(=O)CCC1=O)NC(CNC(=O)c1cc(C(F)(F)F)[nH]n1)c1cc(F)cc(Cl)c1. The fourth-order valence-electron chi connectivity index (χ4n) is 3.08. The molecule has 0 saturated carbocycles. The molecule has 1 aromatic carbocycles. The van der Waals surface area contributed by atoms with Gasteiger partial charge in [0.25, 0.3) is 5.91 Å². The van der Waals surface area contributed by atoms with Gasteiger partial charge in [-0.1, -0.05) is 11.6 Å². The summed E-state index contributed by atoms with van der Waals surface area (Å²) < 4.78 is 51.9. The number of carbonyl (C=O) groups is 4. The Hall–Kier alpha value is -3.48. The average molecular weight is 490 g/mol. The van der Waals surface area contributed by atoms with Crippen LogP contribution in [0.5, 0.6) is 0 Å². The summed E-state index contributed by atoms with van der Waals surface area (Å²) in [4.78, 5) is 48.9. The molecular formula is C19H16ClF4N5O4. The zero-order valence-corrected chi connectivity index (χ0v) is 17.4. The molecule has 33 heavy (non-hydrogen) atoms. The topological polar surface area (TPSA) is 124 Å². The number of nitrogens with one attached hydrogen (secondary N) is 3. The minimum absolute atomic E-state index is 0.0115. The molecule has 0 bridgehead atoms. The lowest BCUT2D eigenvalue weighted by molar-refractivity contribution is -0.142. The van der Waals surface area contributed by atoms with E-state index in [1.165, 1.54) is 6.07 Å². The summed E-state index contributed by atoms with van der Waals surface area (Å²) in [5.41, 5.74) is -1.65. The molecule has 3 rings (SSSR count). The van der Waals surface area contributed by atoms with E-state index in [1.807, 2.05) is 0 Å². The Balaban J connectivity index is 1.73. The van der Waals surface area contributed by atoms with Gasteiger partial charge in [-0.25, -0.2) is 4.39 Å². The molecule has 1 atom stereocenters. The Kier molecular flexibility index (Phi) is 7.01. The van der Waals surface area contributed by atoms with Crippen molar-refractivity contribution in [1.29, 1.82) is 0 Å². The van der Waals surface area contributed by atoms with Gasteiger partial charge in [0.05, 0.1) is 6.04 Å². The fraction of sp³-hybridized carbons (Fsp3) is 0.316. The Labute approximate surface area is 188 Å². The summed E-state index contributed by atoms with van der Waals surface area (Å²) >= 11 is 5.85. The van der Waals surface area contributed by atoms with Crippen LogP contribution in [-0.2, 0) is 20.6 Å². The van der Waals surface area contributed by atoms with E-state index < -0.39 is 59.6 Å². The molecule has 4 amide bonds. The van der Waals surface area contributed by atoms with Gasteiger partial charge < -0.3 is 10.6 Å². The molecule has 1 aromatic heterocycles. The average Bonchev–Trinajstić information content (AvgIpc) is 3.33. The predicted molar refractivity (Wildman–Crippen MR) is 104 cm³/mol. The summed E-state index contributed by atoms with van der Waals surface area (Å²) in [5, 5.41) is 9.75. The molecule has 1 saturated heterocycles. The van der Waals surface area contributed by atoms with Crippen LogP contribution in [0.2, 0.25) is 5.02 Å². The molecule has 1 unspecified atom stereocenters. The second-order valence-electron chi connectivity index (χ2n) is 7.07. The fourth-order valence-corrected chi connectivity index (χ4v) is 3.31. The number of rotatable bonds is 7. The maximum atomic E-state index is 13.8. The van der Waals surface area contributed by atoms with Crippen molar-refractivity contribution < 1.29 is 36.7 Å². The van der Waals surface area contributed by atoms with Gasteiger partial charge in [-0.2, -0.15) is 18.3 Å². The van der Waals surface area contributed by atoms with Crippen LogP contribution in [0.3, 0.4) is 0 Å². The summed E-state index contributed by atoms with van der Waals surface area (Å²) in [7, 11) is 0. The lowest BCUT2D eigenvalue weighted by Gasteiger charge is -2.22. The molecule has 2 aromatic rings. The van der Waals surface area contributed by atoms with E-state index in [0.717, 1.165) is 17.0 Å². The van der Waals surface area contributed by atoms with Crippen LogP contribution >= 0.6 is 11.6 Å². The number of hydrogen-bond donors (Lipinski definition) is 3. The number of halogens is 5. The second kappa shape index (κ2) is 9.57. The highest BCUT2D eigenvalue weighted by Gasteiger charge is 2.34. The van der Waals surface area contributed by atoms with Crippen LogP contribution < -0.4 is 10.6 Å². The third kappa shape index (κ3) is 6.06. The zero-order chi connectivity index (χ0) is 24.3. The molecule has 0 spiro atoms. The first-order valence-corrected chi connectivity index (χ1v) is 9.81. The van der Waals surface area contributed by atoms with Crippen molar-refractivity contribution in [3.63, 3.8) is 0 Å². The Bertz CT molecular complexity index is 1070. The van der Waals surface area contributed by atoms with E-state index in [4.69, 9.17) is 11.6 Å². The van der Waals surface area contributed by atoms with Crippen LogP contribution in [0.15, 0.2) is 24.3 Å². The lowest BCUT2D eigenvalue weighted by atomic mass is 10.1. The predicted octanol–water partition coefficient (Wildman–Crippen LogP) is 1.96. The molecule has 1 fully saturated rings. The third-order valence-electron chi connectivity index (χ3n) is 4.66. The van der Waals surface area contributed by atoms with E-state index in [0.29, 0.717) is 6.07 Å². The van der Waals surface area contributed by atoms with Crippen LogP contribution in [-0.4, -0.2) is 51.8 Å². The Morgan fingerprint density at radius 1 is 1.15 bits per heavy atom. The summed E-state index contributed by atoms with van der Waals surface area (Å²) in [6.45, 7) is -0.972. The first-order valence-electron chi connectivity index (χ1n) is 9.43. The van der Waals surface area contributed by atoms with Crippen molar-refractivity contribution in [3.8, 4) is 0 Å². The highest BCUT2D eigenvalue weighted by molar-refractivity contribution is 6.30. The third-order valence-corrected chi connectivity index (χ3v) is 4.88. The van der Waals surface area contributed by atoms with E-state index >= 15 is 0 Å². The van der Waals surface area contributed by atoms with Crippen LogP contribution in [0.25, 0.3) is 0 Å². The van der Waals surface area contributed by atoms with Crippen molar-refractivity contribution in [2.45, 2.75) is 25.1 Å². The molecule has 3 N–H and O–H groups in total. The molecular weight excluding hydrogens is 474 g/mol. The van der Waals surface area contributed by atoms with Gasteiger partial charge in [-0.15, -0.1) is 0 Å². The van der Waals surface area contributed by atoms with Crippen molar-refractivity contribution in [1.82, 2.24) is 25.7 Å². The number of amides is 4. The van der Waals surface area contributed by atoms with Crippen LogP contribution in [0.4, 0.5) is 17.6 Å². The number of likely N-dealkylation sites (tertiary alicyclic amines) is 1. The van der Waals surface area contributed by atoms with Gasteiger partial charge in [-0.05, 0) is 23.8 Å². The number of hydrogen-bond acceptors (Lipinski definition) is 5. The monoisotopic (exact) mass is 489 g/mol. The molecule has 2 heterocycles. The molecule has 1 aliphatic heterocycles. The van der Waals surface area contributed by atoms with Crippen LogP contribution in [0.1, 0.15) is 40.6 Å². The van der Waals surface area contributed by atoms with Gasteiger partial charge in [-0.3, -0.25) is 29.2 Å². The molecule has 0 aliphatic carbocycles. The van der Waals surface area contributed by atoms with E-state index in [1.54, 1.807) is 5.10 Å². The molecule has 0 radical (unpaired) electrons. The summed E-state index contributed by atoms with van der Waals surface area (Å²) in [6, 6.07) is 2.76. The first-order chi connectivity index (χ1) is 15.4. The van der Waals surface area contributed by atoms with Gasteiger partial charge in [0, 0.05) is 30.5 Å². The van der Waals surface area contributed by atoms with Crippen LogP contribution in [0, 0.1) is 5.82 Å². The van der Waals surface area contributed by atoms with E-state index in [9.17, 15) is 36.7 Å². The maximum absolute atomic E-state index is 13.8. The highest BCUT2D eigenvalue weighted by Crippen LogP contribution is 2.27. The number of imide groups is 1. The van der Waals surface area contributed by atoms with Gasteiger partial charge in [0.1, 0.15) is 18.1 Å². The quantitative estimate of drug-likeness (QED) is 0.405. The summed E-state index contributed by atoms with van der Waals surface area (Å²) in [6.07, 6.45) is -4.77. The molecule has 14 heteroatoms. The highest BCUT2D eigenvalue weighted by atomic mass is 35.5. The lowest BCUT2D eigenvalue weighted by Crippen LogP contribution is -2.44. The van der Waals surface area contributed by atoms with E-state index in [2.05, 4.69) is 15.7 Å². The number of benzene rings is 1. The van der Waals surface area contributed by atoms with E-state index in [-0.39, 0.29) is 30.0 Å². The standard InChI is InChI=1S/C19H16ClF4N5O4/c20-10-3-9(4-11(21)5-10)13(26-15(30)8-29-16(31)1-2-17(29)32)7-25-18(33)12-6-14(28-27-12)19(22,23)24/h3-6,13H,1-2,7-8H2,(H,25,33)(H,26,30)(H,27,28). The van der Waals surface area contributed by atoms with Gasteiger partial charge in [0.15, 0.2) is 5.69 Å². The minimum atomic E-state index is -4.73. The number of alkyl halides is 3. The van der Waals surface area contributed by atoms with Gasteiger partial charge in [0.2, 0.25) is 17.7 Å². The minimum Gasteiger partial charge on any atom is -0.348 e. The molecule has 1 aliphatic rings. The molecule has 176 valence electrons. The zero-order valence-electron chi connectivity index (χ0n) is 16.6. The number of carbonyl (C=O) groups excluding carboxylic acids is 4. The largest absolute Gasteiger partial charge is 0.432 e. The Morgan fingerprint density at radius 2 is 1.82 bits per heavy atom. The number of aromatic amines is 1. The second-order valence-corrected chi connectivity index (χ2v) is 7.51. The number of H-pyrrole nitrogens is 1. The number of nitrogens with zero attached hydrogens (tertiary/aromatic N) is 2. The Morgan fingerprint density at radius 3 is 2.39 bits per heavy atom. The number of aromatic nitrogens is 2. The smallest absolute Gasteiger partial charge is 0.348 e. The van der Waals surface area contributed by atoms with Crippen molar-refractivity contribution >= 4 is 35.2 Å². The van der Waals surface area contributed by atoms with Gasteiger partial charge >= 0.3 is 6.18 Å². The molecule has 9 nitrogen and oxygen atoms in total. The normalized spacial score (nSPS) is 15.0. The first kappa shape index (κ1) is 24.2. The van der Waals surface area contributed by atoms with Crippen molar-refractivity contribution in [2.24, 2.45) is 0 Å². The van der Waals surface area contributed by atoms with Crippen molar-refractivity contribution in [2.75, 3.05) is 13.1 Å².